The first-order chi connectivity index (χ1) is 13.0. The highest BCUT2D eigenvalue weighted by molar-refractivity contribution is 6.14. The van der Waals surface area contributed by atoms with Crippen molar-refractivity contribution in [2.45, 2.75) is 20.0 Å². The number of methoxy groups -OCH3 is 1. The van der Waals surface area contributed by atoms with Gasteiger partial charge in [0.05, 0.1) is 19.3 Å². The summed E-state index contributed by atoms with van der Waals surface area (Å²) in [6, 6.07) is 12.2. The van der Waals surface area contributed by atoms with Crippen LogP contribution in [0.2, 0.25) is 0 Å². The molecule has 0 unspecified atom stereocenters. The molecule has 1 atom stereocenters. The third kappa shape index (κ3) is 4.11. The fraction of sp³-hybridized carbons (Fsp3) is 0.238. The second kappa shape index (κ2) is 7.95. The fourth-order valence-electron chi connectivity index (χ4n) is 2.64. The predicted molar refractivity (Wildman–Crippen MR) is 99.1 cm³/mol. The van der Waals surface area contributed by atoms with Crippen LogP contribution in [0.1, 0.15) is 29.8 Å². The van der Waals surface area contributed by atoms with Crippen LogP contribution in [0.15, 0.2) is 48.2 Å². The molecule has 2 aromatic rings. The van der Waals surface area contributed by atoms with E-state index in [0.29, 0.717) is 22.8 Å². The molecule has 0 radical (unpaired) electrons. The molecule has 2 aromatic carbocycles. The zero-order valence-electron chi connectivity index (χ0n) is 15.4. The number of ketones is 1. The van der Waals surface area contributed by atoms with E-state index in [1.165, 1.54) is 0 Å². The summed E-state index contributed by atoms with van der Waals surface area (Å²) in [7, 11) is 1.58. The minimum Gasteiger partial charge on any atom is -0.497 e. The van der Waals surface area contributed by atoms with E-state index in [1.54, 1.807) is 45.2 Å². The average Bonchev–Trinajstić information content (AvgIpc) is 2.97. The maximum atomic E-state index is 12.5. The highest BCUT2D eigenvalue weighted by Gasteiger charge is 2.28. The van der Waals surface area contributed by atoms with Gasteiger partial charge in [0.25, 0.3) is 0 Å². The third-order valence-electron chi connectivity index (χ3n) is 3.96. The molecular formula is C21H20O6. The Morgan fingerprint density at radius 1 is 1.19 bits per heavy atom. The lowest BCUT2D eigenvalue weighted by molar-refractivity contribution is -0.150. The molecule has 1 aliphatic rings. The monoisotopic (exact) mass is 368 g/mol. The van der Waals surface area contributed by atoms with Gasteiger partial charge in [0.1, 0.15) is 17.2 Å². The summed E-state index contributed by atoms with van der Waals surface area (Å²) in [6.07, 6.45) is 0.902. The molecule has 0 aliphatic carbocycles. The average molecular weight is 368 g/mol. The second-order valence-corrected chi connectivity index (χ2v) is 5.89. The van der Waals surface area contributed by atoms with Gasteiger partial charge in [0.2, 0.25) is 5.78 Å². The van der Waals surface area contributed by atoms with Crippen LogP contribution in [0, 0.1) is 0 Å². The third-order valence-corrected chi connectivity index (χ3v) is 3.96. The second-order valence-electron chi connectivity index (χ2n) is 5.89. The minimum absolute atomic E-state index is 0.210. The van der Waals surface area contributed by atoms with Crippen molar-refractivity contribution in [3.05, 3.63) is 59.4 Å². The summed E-state index contributed by atoms with van der Waals surface area (Å²) >= 11 is 0. The Balaban J connectivity index is 1.79. The van der Waals surface area contributed by atoms with Gasteiger partial charge in [-0.1, -0.05) is 12.1 Å². The number of allylic oxidation sites excluding steroid dienone is 1. The lowest BCUT2D eigenvalue weighted by Gasteiger charge is -2.13. The van der Waals surface area contributed by atoms with Crippen molar-refractivity contribution in [3.8, 4) is 17.2 Å². The van der Waals surface area contributed by atoms with Gasteiger partial charge in [0, 0.05) is 6.07 Å². The number of Topliss-reactive ketones (excluding diaryl/α,β-unsaturated/α-hetero) is 1. The number of carbonyl (C=O) groups is 2. The zero-order valence-corrected chi connectivity index (χ0v) is 15.4. The smallest absolute Gasteiger partial charge is 0.347 e. The molecular weight excluding hydrogens is 348 g/mol. The van der Waals surface area contributed by atoms with E-state index in [1.807, 2.05) is 24.3 Å². The first-order valence-corrected chi connectivity index (χ1v) is 8.57. The Hall–Kier alpha value is -3.28. The van der Waals surface area contributed by atoms with Crippen LogP contribution in [-0.4, -0.2) is 31.6 Å². The lowest BCUT2D eigenvalue weighted by atomic mass is 10.1. The van der Waals surface area contributed by atoms with Crippen LogP contribution < -0.4 is 14.2 Å². The van der Waals surface area contributed by atoms with Crippen LogP contribution in [0.5, 0.6) is 17.2 Å². The highest BCUT2D eigenvalue weighted by atomic mass is 16.6. The topological polar surface area (TPSA) is 71.1 Å². The molecule has 1 aliphatic heterocycles. The summed E-state index contributed by atoms with van der Waals surface area (Å²) in [5, 5.41) is 0. The van der Waals surface area contributed by atoms with Crippen molar-refractivity contribution in [3.63, 3.8) is 0 Å². The fourth-order valence-corrected chi connectivity index (χ4v) is 2.64. The summed E-state index contributed by atoms with van der Waals surface area (Å²) < 4.78 is 21.4. The first-order valence-electron chi connectivity index (χ1n) is 8.57. The first kappa shape index (κ1) is 18.5. The molecule has 0 N–H and O–H groups in total. The van der Waals surface area contributed by atoms with Crippen LogP contribution in [0.4, 0.5) is 0 Å². The Labute approximate surface area is 157 Å². The summed E-state index contributed by atoms with van der Waals surface area (Å²) in [5.74, 6) is 1.06. The number of esters is 1. The molecule has 0 aromatic heterocycles. The number of fused-ring (bicyclic) bond motifs is 1. The van der Waals surface area contributed by atoms with Crippen LogP contribution in [0.25, 0.3) is 6.08 Å². The van der Waals surface area contributed by atoms with E-state index in [-0.39, 0.29) is 18.1 Å². The summed E-state index contributed by atoms with van der Waals surface area (Å²) in [5.41, 5.74) is 1.23. The van der Waals surface area contributed by atoms with Crippen molar-refractivity contribution in [2.75, 3.05) is 13.7 Å². The van der Waals surface area contributed by atoms with Crippen LogP contribution in [0.3, 0.4) is 0 Å². The van der Waals surface area contributed by atoms with E-state index >= 15 is 0 Å². The number of rotatable bonds is 6. The molecule has 27 heavy (non-hydrogen) atoms. The Kier molecular flexibility index (Phi) is 5.45. The minimum atomic E-state index is -0.757. The number of hydrogen-bond donors (Lipinski definition) is 0. The molecule has 0 spiro atoms. The zero-order chi connectivity index (χ0) is 19.4. The van der Waals surface area contributed by atoms with Crippen LogP contribution in [-0.2, 0) is 9.53 Å². The quantitative estimate of drug-likeness (QED) is 0.573. The standard InChI is InChI=1S/C21H20O6/c1-4-25-21(23)13(2)26-16-8-9-17-18(12-16)27-19(20(17)22)11-14-6-5-7-15(10-14)24-3/h5-13H,4H2,1-3H3/b19-11-/t13-/m1/s1. The molecule has 0 saturated carbocycles. The molecule has 0 fully saturated rings. The molecule has 6 nitrogen and oxygen atoms in total. The number of carbonyl (C=O) groups excluding carboxylic acids is 2. The van der Waals surface area contributed by atoms with E-state index in [4.69, 9.17) is 18.9 Å². The van der Waals surface area contributed by atoms with Crippen molar-refractivity contribution in [2.24, 2.45) is 0 Å². The van der Waals surface area contributed by atoms with Crippen molar-refractivity contribution < 1.29 is 28.5 Å². The van der Waals surface area contributed by atoms with E-state index in [2.05, 4.69) is 0 Å². The largest absolute Gasteiger partial charge is 0.497 e. The number of hydrogen-bond acceptors (Lipinski definition) is 6. The van der Waals surface area contributed by atoms with Crippen LogP contribution >= 0.6 is 0 Å². The van der Waals surface area contributed by atoms with Gasteiger partial charge in [-0.3, -0.25) is 4.79 Å². The van der Waals surface area contributed by atoms with E-state index < -0.39 is 12.1 Å². The molecule has 0 amide bonds. The Morgan fingerprint density at radius 2 is 2.00 bits per heavy atom. The van der Waals surface area contributed by atoms with Gasteiger partial charge in [-0.15, -0.1) is 0 Å². The Morgan fingerprint density at radius 3 is 2.74 bits per heavy atom. The van der Waals surface area contributed by atoms with Crippen molar-refractivity contribution >= 4 is 17.8 Å². The summed E-state index contributed by atoms with van der Waals surface area (Å²) in [6.45, 7) is 3.62. The molecule has 0 bridgehead atoms. The van der Waals surface area contributed by atoms with Gasteiger partial charge >= 0.3 is 5.97 Å². The van der Waals surface area contributed by atoms with Gasteiger partial charge < -0.3 is 18.9 Å². The predicted octanol–water partition coefficient (Wildman–Crippen LogP) is 3.64. The maximum Gasteiger partial charge on any atom is 0.347 e. The molecule has 6 heteroatoms. The van der Waals surface area contributed by atoms with Gasteiger partial charge in [-0.25, -0.2) is 4.79 Å². The van der Waals surface area contributed by atoms with Gasteiger partial charge in [0.15, 0.2) is 11.9 Å². The SMILES string of the molecule is CCOC(=O)[C@@H](C)Oc1ccc2c(c1)O/C(=C\c1cccc(OC)c1)C2=O. The normalized spacial score (nSPS) is 15.1. The number of benzene rings is 2. The van der Waals surface area contributed by atoms with Gasteiger partial charge in [-0.05, 0) is 49.8 Å². The summed E-state index contributed by atoms with van der Waals surface area (Å²) in [4.78, 5) is 24.2. The number of ether oxygens (including phenoxy) is 4. The highest BCUT2D eigenvalue weighted by Crippen LogP contribution is 2.35. The van der Waals surface area contributed by atoms with E-state index in [9.17, 15) is 9.59 Å². The van der Waals surface area contributed by atoms with Gasteiger partial charge in [-0.2, -0.15) is 0 Å². The van der Waals surface area contributed by atoms with Crippen molar-refractivity contribution in [1.82, 2.24) is 0 Å². The molecule has 3 rings (SSSR count). The lowest BCUT2D eigenvalue weighted by Crippen LogP contribution is -2.26. The van der Waals surface area contributed by atoms with Crippen molar-refractivity contribution in [1.29, 1.82) is 0 Å². The van der Waals surface area contributed by atoms with E-state index in [0.717, 1.165) is 5.56 Å². The molecule has 140 valence electrons. The molecule has 0 saturated heterocycles. The maximum absolute atomic E-state index is 12.5. The Bertz CT molecular complexity index is 899. The molecule has 1 heterocycles.